The van der Waals surface area contributed by atoms with Gasteiger partial charge in [-0.25, -0.2) is 4.39 Å². The standard InChI is InChI=1S/C11H15BrFO3P/c1-3-7-5-6-9(8(4-2)10(7)12)11(13)17(14,15)16/h5-6,11H,3-4H2,1-2H3,(H2,14,15,16). The van der Waals surface area contributed by atoms with Gasteiger partial charge in [0.1, 0.15) is 0 Å². The van der Waals surface area contributed by atoms with E-state index in [1.54, 1.807) is 6.07 Å². The van der Waals surface area contributed by atoms with Gasteiger partial charge in [-0.05, 0) is 24.0 Å². The number of aryl methyl sites for hydroxylation is 1. The Balaban J connectivity index is 3.36. The summed E-state index contributed by atoms with van der Waals surface area (Å²) in [5.74, 6) is -2.25. The average molecular weight is 325 g/mol. The monoisotopic (exact) mass is 324 g/mol. The van der Waals surface area contributed by atoms with Crippen molar-refractivity contribution in [1.29, 1.82) is 0 Å². The lowest BCUT2D eigenvalue weighted by Crippen LogP contribution is -2.01. The molecule has 0 amide bonds. The van der Waals surface area contributed by atoms with Gasteiger partial charge in [-0.2, -0.15) is 0 Å². The van der Waals surface area contributed by atoms with Gasteiger partial charge in [-0.1, -0.05) is 41.9 Å². The van der Waals surface area contributed by atoms with Crippen molar-refractivity contribution in [2.45, 2.75) is 32.6 Å². The molecule has 0 aliphatic carbocycles. The molecular formula is C11H15BrFO3P. The summed E-state index contributed by atoms with van der Waals surface area (Å²) in [6.07, 6.45) is 1.30. The molecule has 0 saturated carbocycles. The summed E-state index contributed by atoms with van der Waals surface area (Å²) in [5.41, 5.74) is 1.70. The first-order chi connectivity index (χ1) is 7.82. The van der Waals surface area contributed by atoms with Crippen LogP contribution < -0.4 is 0 Å². The van der Waals surface area contributed by atoms with E-state index < -0.39 is 13.5 Å². The Morgan fingerprint density at radius 2 is 1.94 bits per heavy atom. The summed E-state index contributed by atoms with van der Waals surface area (Å²) < 4.78 is 25.4. The van der Waals surface area contributed by atoms with Crippen molar-refractivity contribution in [1.82, 2.24) is 0 Å². The lowest BCUT2D eigenvalue weighted by Gasteiger charge is -2.17. The van der Waals surface area contributed by atoms with E-state index in [1.165, 1.54) is 6.07 Å². The number of hydrogen-bond acceptors (Lipinski definition) is 1. The molecule has 0 fully saturated rings. The second-order valence-corrected chi connectivity index (χ2v) is 6.16. The molecule has 0 bridgehead atoms. The first kappa shape index (κ1) is 14.8. The molecule has 1 rings (SSSR count). The van der Waals surface area contributed by atoms with Gasteiger partial charge >= 0.3 is 7.60 Å². The third-order valence-electron chi connectivity index (χ3n) is 2.65. The average Bonchev–Trinajstić information content (AvgIpc) is 2.26. The maximum Gasteiger partial charge on any atom is 0.364 e. The van der Waals surface area contributed by atoms with E-state index in [0.29, 0.717) is 12.0 Å². The molecule has 6 heteroatoms. The highest BCUT2D eigenvalue weighted by molar-refractivity contribution is 9.10. The van der Waals surface area contributed by atoms with Crippen LogP contribution in [-0.4, -0.2) is 9.79 Å². The van der Waals surface area contributed by atoms with Gasteiger partial charge in [-0.15, -0.1) is 0 Å². The fraction of sp³-hybridized carbons (Fsp3) is 0.455. The Hall–Kier alpha value is -0.220. The Kier molecular flexibility index (Phi) is 4.90. The fourth-order valence-electron chi connectivity index (χ4n) is 1.72. The molecule has 96 valence electrons. The van der Waals surface area contributed by atoms with Crippen molar-refractivity contribution < 1.29 is 18.7 Å². The molecule has 1 unspecified atom stereocenters. The Labute approximate surface area is 108 Å². The van der Waals surface area contributed by atoms with Crippen molar-refractivity contribution in [2.24, 2.45) is 0 Å². The first-order valence-corrected chi connectivity index (χ1v) is 7.79. The van der Waals surface area contributed by atoms with Crippen LogP contribution in [0.2, 0.25) is 0 Å². The van der Waals surface area contributed by atoms with Crippen LogP contribution in [0.1, 0.15) is 36.5 Å². The molecular weight excluding hydrogens is 310 g/mol. The fourth-order valence-corrected chi connectivity index (χ4v) is 3.25. The van der Waals surface area contributed by atoms with E-state index in [2.05, 4.69) is 15.9 Å². The van der Waals surface area contributed by atoms with Gasteiger partial charge in [0.25, 0.3) is 0 Å². The molecule has 1 aromatic rings. The summed E-state index contributed by atoms with van der Waals surface area (Å²) >= 11 is 3.37. The van der Waals surface area contributed by atoms with E-state index >= 15 is 0 Å². The lowest BCUT2D eigenvalue weighted by atomic mass is 10.0. The highest BCUT2D eigenvalue weighted by Crippen LogP contribution is 2.54. The molecule has 1 atom stereocenters. The van der Waals surface area contributed by atoms with Crippen LogP contribution >= 0.6 is 23.5 Å². The Bertz CT molecular complexity index is 458. The second kappa shape index (κ2) is 5.61. The van der Waals surface area contributed by atoms with Crippen molar-refractivity contribution in [2.75, 3.05) is 0 Å². The van der Waals surface area contributed by atoms with Crippen LogP contribution in [0.3, 0.4) is 0 Å². The van der Waals surface area contributed by atoms with Gasteiger partial charge in [0.15, 0.2) is 0 Å². The molecule has 0 spiro atoms. The SMILES string of the molecule is CCc1ccc(C(F)P(=O)(O)O)c(CC)c1Br. The third kappa shape index (κ3) is 3.16. The van der Waals surface area contributed by atoms with Crippen molar-refractivity contribution in [3.63, 3.8) is 0 Å². The van der Waals surface area contributed by atoms with Crippen molar-refractivity contribution in [3.05, 3.63) is 33.3 Å². The largest absolute Gasteiger partial charge is 0.364 e. The summed E-state index contributed by atoms with van der Waals surface area (Å²) in [6, 6.07) is 3.16. The van der Waals surface area contributed by atoms with Crippen molar-refractivity contribution in [3.8, 4) is 0 Å². The summed E-state index contributed by atoms with van der Waals surface area (Å²) in [7, 11) is -4.75. The molecule has 0 aliphatic rings. The first-order valence-electron chi connectivity index (χ1n) is 5.32. The third-order valence-corrected chi connectivity index (χ3v) is 4.50. The minimum absolute atomic E-state index is 0.0740. The number of halogens is 2. The number of hydrogen-bond donors (Lipinski definition) is 2. The smallest absolute Gasteiger partial charge is 0.322 e. The van der Waals surface area contributed by atoms with Gasteiger partial charge in [0.05, 0.1) is 0 Å². The zero-order chi connectivity index (χ0) is 13.2. The Morgan fingerprint density at radius 1 is 1.35 bits per heavy atom. The number of rotatable bonds is 4. The van der Waals surface area contributed by atoms with E-state index in [-0.39, 0.29) is 5.56 Å². The molecule has 17 heavy (non-hydrogen) atoms. The van der Waals surface area contributed by atoms with E-state index in [1.807, 2.05) is 13.8 Å². The minimum atomic E-state index is -4.75. The van der Waals surface area contributed by atoms with E-state index in [0.717, 1.165) is 16.5 Å². The number of alkyl halides is 1. The van der Waals surface area contributed by atoms with Crippen LogP contribution in [0, 0.1) is 0 Å². The Morgan fingerprint density at radius 3 is 2.35 bits per heavy atom. The predicted molar refractivity (Wildman–Crippen MR) is 68.8 cm³/mol. The molecule has 0 saturated heterocycles. The van der Waals surface area contributed by atoms with Gasteiger partial charge in [0.2, 0.25) is 5.91 Å². The molecule has 0 heterocycles. The van der Waals surface area contributed by atoms with Gasteiger partial charge < -0.3 is 9.79 Å². The number of benzene rings is 1. The zero-order valence-corrected chi connectivity index (χ0v) is 12.1. The quantitative estimate of drug-likeness (QED) is 0.830. The molecule has 0 radical (unpaired) electrons. The summed E-state index contributed by atoms with van der Waals surface area (Å²) in [4.78, 5) is 17.8. The van der Waals surface area contributed by atoms with Gasteiger partial charge in [-0.3, -0.25) is 4.57 Å². The maximum atomic E-state index is 13.7. The molecule has 1 aromatic carbocycles. The zero-order valence-electron chi connectivity index (χ0n) is 9.65. The van der Waals surface area contributed by atoms with Crippen molar-refractivity contribution >= 4 is 23.5 Å². The molecule has 0 aromatic heterocycles. The summed E-state index contributed by atoms with van der Waals surface area (Å²) in [5, 5.41) is 0. The van der Waals surface area contributed by atoms with Crippen LogP contribution in [0.4, 0.5) is 4.39 Å². The lowest BCUT2D eigenvalue weighted by molar-refractivity contribution is 0.302. The van der Waals surface area contributed by atoms with E-state index in [4.69, 9.17) is 9.79 Å². The van der Waals surface area contributed by atoms with E-state index in [9.17, 15) is 8.96 Å². The second-order valence-electron chi connectivity index (χ2n) is 3.74. The highest BCUT2D eigenvalue weighted by Gasteiger charge is 2.32. The predicted octanol–water partition coefficient (Wildman–Crippen LogP) is 3.72. The minimum Gasteiger partial charge on any atom is -0.322 e. The normalized spacial score (nSPS) is 13.8. The maximum absolute atomic E-state index is 13.7. The van der Waals surface area contributed by atoms with Crippen LogP contribution in [0.5, 0.6) is 0 Å². The van der Waals surface area contributed by atoms with Gasteiger partial charge in [0, 0.05) is 10.0 Å². The van der Waals surface area contributed by atoms with Crippen LogP contribution in [-0.2, 0) is 17.4 Å². The molecule has 3 nitrogen and oxygen atoms in total. The molecule has 2 N–H and O–H groups in total. The molecule has 0 aliphatic heterocycles. The topological polar surface area (TPSA) is 57.5 Å². The highest BCUT2D eigenvalue weighted by atomic mass is 79.9. The summed E-state index contributed by atoms with van der Waals surface area (Å²) in [6.45, 7) is 3.80. The van der Waals surface area contributed by atoms with Crippen LogP contribution in [0.25, 0.3) is 0 Å². The van der Waals surface area contributed by atoms with Crippen LogP contribution in [0.15, 0.2) is 16.6 Å².